The Labute approximate surface area is 88.2 Å². The van der Waals surface area contributed by atoms with Crippen molar-refractivity contribution in [3.8, 4) is 11.5 Å². The Hall–Kier alpha value is -1.30. The summed E-state index contributed by atoms with van der Waals surface area (Å²) in [5.74, 6) is -0.425. The molecule has 0 aliphatic heterocycles. The average molecular weight is 212 g/mol. The number of phenolic OH excluding ortho intramolecular Hbond substituents is 2. The number of nitrogens with one attached hydrogen (secondary N) is 1. The molecule has 1 aromatic carbocycles. The average Bonchev–Trinajstić information content (AvgIpc) is 2.22. The molecular formula is C10H16N2O3. The predicted molar refractivity (Wildman–Crippen MR) is 56.7 cm³/mol. The number of aliphatic hydroxyl groups is 1. The van der Waals surface area contributed by atoms with Gasteiger partial charge >= 0.3 is 0 Å². The van der Waals surface area contributed by atoms with Crippen molar-refractivity contribution in [1.82, 2.24) is 5.32 Å². The molecule has 0 aliphatic rings. The third-order valence-electron chi connectivity index (χ3n) is 2.04. The molecule has 6 N–H and O–H groups in total. The fourth-order valence-electron chi connectivity index (χ4n) is 1.21. The van der Waals surface area contributed by atoms with E-state index in [1.807, 2.05) is 0 Å². The van der Waals surface area contributed by atoms with Crippen molar-refractivity contribution in [3.05, 3.63) is 23.8 Å². The van der Waals surface area contributed by atoms with Crippen molar-refractivity contribution >= 4 is 0 Å². The van der Waals surface area contributed by atoms with Gasteiger partial charge in [-0.2, -0.15) is 0 Å². The van der Waals surface area contributed by atoms with Crippen LogP contribution in [0.1, 0.15) is 11.7 Å². The van der Waals surface area contributed by atoms with Crippen LogP contribution in [0.2, 0.25) is 0 Å². The van der Waals surface area contributed by atoms with Crippen LogP contribution in [0.3, 0.4) is 0 Å². The molecule has 0 saturated heterocycles. The number of nitrogens with two attached hydrogens (primary N) is 1. The normalized spacial score (nSPS) is 12.7. The second kappa shape index (κ2) is 5.55. The van der Waals surface area contributed by atoms with E-state index in [4.69, 9.17) is 10.8 Å². The Bertz CT molecular complexity index is 318. The summed E-state index contributed by atoms with van der Waals surface area (Å²) >= 11 is 0. The summed E-state index contributed by atoms with van der Waals surface area (Å²) in [5, 5.41) is 30.9. The SMILES string of the molecule is NCCNCC(O)c1ccc(O)c(O)c1. The van der Waals surface area contributed by atoms with Crippen LogP contribution in [0.4, 0.5) is 0 Å². The van der Waals surface area contributed by atoms with E-state index in [1.54, 1.807) is 6.07 Å². The summed E-state index contributed by atoms with van der Waals surface area (Å²) in [6, 6.07) is 4.24. The number of aliphatic hydroxyl groups excluding tert-OH is 1. The van der Waals surface area contributed by atoms with Crippen molar-refractivity contribution in [2.45, 2.75) is 6.10 Å². The molecule has 5 nitrogen and oxygen atoms in total. The van der Waals surface area contributed by atoms with Crippen LogP contribution in [-0.2, 0) is 0 Å². The van der Waals surface area contributed by atoms with Crippen LogP contribution in [-0.4, -0.2) is 35.0 Å². The monoisotopic (exact) mass is 212 g/mol. The highest BCUT2D eigenvalue weighted by Crippen LogP contribution is 2.27. The summed E-state index contributed by atoms with van der Waals surface area (Å²) in [6.07, 6.45) is -0.719. The maximum absolute atomic E-state index is 9.67. The minimum atomic E-state index is -0.719. The molecule has 5 heteroatoms. The zero-order chi connectivity index (χ0) is 11.3. The van der Waals surface area contributed by atoms with E-state index in [0.29, 0.717) is 25.2 Å². The van der Waals surface area contributed by atoms with E-state index in [2.05, 4.69) is 5.32 Å². The minimum absolute atomic E-state index is 0.194. The first-order valence-corrected chi connectivity index (χ1v) is 4.76. The predicted octanol–water partition coefficient (Wildman–Crippen LogP) is -0.321. The van der Waals surface area contributed by atoms with E-state index in [1.165, 1.54) is 12.1 Å². The number of aromatic hydroxyl groups is 2. The van der Waals surface area contributed by atoms with Crippen molar-refractivity contribution < 1.29 is 15.3 Å². The number of hydrogen-bond donors (Lipinski definition) is 5. The summed E-state index contributed by atoms with van der Waals surface area (Å²) in [5.41, 5.74) is 5.83. The van der Waals surface area contributed by atoms with E-state index < -0.39 is 6.10 Å². The maximum Gasteiger partial charge on any atom is 0.157 e. The number of benzene rings is 1. The van der Waals surface area contributed by atoms with Gasteiger partial charge in [-0.05, 0) is 17.7 Å². The molecule has 0 heterocycles. The van der Waals surface area contributed by atoms with E-state index in [-0.39, 0.29) is 11.5 Å². The minimum Gasteiger partial charge on any atom is -0.504 e. The highest BCUT2D eigenvalue weighted by molar-refractivity contribution is 5.41. The summed E-state index contributed by atoms with van der Waals surface area (Å²) in [6.45, 7) is 1.50. The lowest BCUT2D eigenvalue weighted by molar-refractivity contribution is 0.175. The molecule has 1 atom stereocenters. The highest BCUT2D eigenvalue weighted by atomic mass is 16.3. The van der Waals surface area contributed by atoms with E-state index >= 15 is 0 Å². The Morgan fingerprint density at radius 2 is 2.00 bits per heavy atom. The van der Waals surface area contributed by atoms with Crippen LogP contribution < -0.4 is 11.1 Å². The second-order valence-corrected chi connectivity index (χ2v) is 3.26. The third-order valence-corrected chi connectivity index (χ3v) is 2.04. The standard InChI is InChI=1S/C10H16N2O3/c11-3-4-12-6-10(15)7-1-2-8(13)9(14)5-7/h1-2,5,10,12-15H,3-4,6,11H2. The van der Waals surface area contributed by atoms with Gasteiger partial charge in [0.2, 0.25) is 0 Å². The largest absolute Gasteiger partial charge is 0.504 e. The Kier molecular flexibility index (Phi) is 4.36. The van der Waals surface area contributed by atoms with Crippen molar-refractivity contribution in [2.75, 3.05) is 19.6 Å². The van der Waals surface area contributed by atoms with E-state index in [0.717, 1.165) is 0 Å². The lowest BCUT2D eigenvalue weighted by Gasteiger charge is -2.12. The highest BCUT2D eigenvalue weighted by Gasteiger charge is 2.09. The van der Waals surface area contributed by atoms with Crippen LogP contribution in [0, 0.1) is 0 Å². The number of rotatable bonds is 5. The quantitative estimate of drug-likeness (QED) is 0.340. The molecule has 0 aliphatic carbocycles. The topological polar surface area (TPSA) is 98.7 Å². The van der Waals surface area contributed by atoms with Crippen molar-refractivity contribution in [1.29, 1.82) is 0 Å². The third kappa shape index (κ3) is 3.39. The lowest BCUT2D eigenvalue weighted by Crippen LogP contribution is -2.27. The molecule has 0 amide bonds. The van der Waals surface area contributed by atoms with Crippen molar-refractivity contribution in [2.24, 2.45) is 5.73 Å². The van der Waals surface area contributed by atoms with E-state index in [9.17, 15) is 10.2 Å². The summed E-state index contributed by atoms with van der Waals surface area (Å²) in [7, 11) is 0. The van der Waals surface area contributed by atoms with Crippen LogP contribution in [0.25, 0.3) is 0 Å². The Morgan fingerprint density at radius 3 is 2.60 bits per heavy atom. The van der Waals surface area contributed by atoms with Crippen LogP contribution >= 0.6 is 0 Å². The lowest BCUT2D eigenvalue weighted by atomic mass is 10.1. The van der Waals surface area contributed by atoms with Crippen LogP contribution in [0.15, 0.2) is 18.2 Å². The molecular weight excluding hydrogens is 196 g/mol. The van der Waals surface area contributed by atoms with Crippen LogP contribution in [0.5, 0.6) is 11.5 Å². The van der Waals surface area contributed by atoms with Gasteiger partial charge in [0.25, 0.3) is 0 Å². The molecule has 1 unspecified atom stereocenters. The van der Waals surface area contributed by atoms with Gasteiger partial charge in [0.1, 0.15) is 0 Å². The molecule has 1 rings (SSSR count). The zero-order valence-corrected chi connectivity index (χ0v) is 8.35. The Balaban J connectivity index is 2.57. The molecule has 1 aromatic rings. The van der Waals surface area contributed by atoms with Gasteiger partial charge in [-0.3, -0.25) is 0 Å². The van der Waals surface area contributed by atoms with Crippen molar-refractivity contribution in [3.63, 3.8) is 0 Å². The zero-order valence-electron chi connectivity index (χ0n) is 8.35. The van der Waals surface area contributed by atoms with Gasteiger partial charge in [0.05, 0.1) is 6.10 Å². The molecule has 0 fully saturated rings. The molecule has 0 radical (unpaired) electrons. The molecule has 84 valence electrons. The number of hydrogen-bond acceptors (Lipinski definition) is 5. The number of phenols is 2. The van der Waals surface area contributed by atoms with Gasteiger partial charge in [0, 0.05) is 19.6 Å². The summed E-state index contributed by atoms with van der Waals surface area (Å²) in [4.78, 5) is 0. The first-order valence-electron chi connectivity index (χ1n) is 4.76. The fourth-order valence-corrected chi connectivity index (χ4v) is 1.21. The summed E-state index contributed by atoms with van der Waals surface area (Å²) < 4.78 is 0. The molecule has 15 heavy (non-hydrogen) atoms. The van der Waals surface area contributed by atoms with Gasteiger partial charge in [-0.1, -0.05) is 6.07 Å². The molecule has 0 saturated carbocycles. The van der Waals surface area contributed by atoms with Gasteiger partial charge in [0.15, 0.2) is 11.5 Å². The fraction of sp³-hybridized carbons (Fsp3) is 0.400. The molecule has 0 aromatic heterocycles. The molecule has 0 bridgehead atoms. The first-order chi connectivity index (χ1) is 7.15. The van der Waals surface area contributed by atoms with Gasteiger partial charge in [-0.25, -0.2) is 0 Å². The molecule has 0 spiro atoms. The first kappa shape index (κ1) is 11.8. The van der Waals surface area contributed by atoms with Gasteiger partial charge < -0.3 is 26.4 Å². The van der Waals surface area contributed by atoms with Gasteiger partial charge in [-0.15, -0.1) is 0 Å². The maximum atomic E-state index is 9.67. The Morgan fingerprint density at radius 1 is 1.27 bits per heavy atom. The smallest absolute Gasteiger partial charge is 0.157 e. The second-order valence-electron chi connectivity index (χ2n) is 3.26.